The molecule has 0 fully saturated rings. The van der Waals surface area contributed by atoms with Crippen LogP contribution in [0.5, 0.6) is 0 Å². The third kappa shape index (κ3) is 7.52. The average Bonchev–Trinajstić information content (AvgIpc) is 4.21. The van der Waals surface area contributed by atoms with Gasteiger partial charge in [-0.15, -0.1) is 0 Å². The summed E-state index contributed by atoms with van der Waals surface area (Å²) in [7, 11) is 1.74. The monoisotopic (exact) mass is 895 g/mol. The van der Waals surface area contributed by atoms with Gasteiger partial charge in [0, 0.05) is 114 Å². The summed E-state index contributed by atoms with van der Waals surface area (Å²) in [5.74, 6) is 1.47. The maximum absolute atomic E-state index is 5.58. The highest BCUT2D eigenvalue weighted by Crippen LogP contribution is 2.39. The molecule has 334 valence electrons. The molecule has 15 nitrogen and oxygen atoms in total. The van der Waals surface area contributed by atoms with Crippen molar-refractivity contribution in [2.45, 2.75) is 53.2 Å². The van der Waals surface area contributed by atoms with Crippen LogP contribution in [0, 0.1) is 27.7 Å². The zero-order valence-electron chi connectivity index (χ0n) is 38.3. The molecule has 0 saturated heterocycles. The van der Waals surface area contributed by atoms with Gasteiger partial charge in [0.05, 0.1) is 75.0 Å². The van der Waals surface area contributed by atoms with Crippen molar-refractivity contribution in [1.29, 1.82) is 0 Å². The predicted molar refractivity (Wildman–Crippen MR) is 260 cm³/mol. The molecule has 11 aromatic rings. The second kappa shape index (κ2) is 17.3. The molecule has 1 atom stereocenters. The van der Waals surface area contributed by atoms with Crippen LogP contribution in [0.3, 0.4) is 0 Å². The fourth-order valence-electron chi connectivity index (χ4n) is 9.30. The first-order valence-corrected chi connectivity index (χ1v) is 22.3. The Balaban J connectivity index is 0.956. The molecule has 0 aliphatic carbocycles. The van der Waals surface area contributed by atoms with Crippen LogP contribution in [0.2, 0.25) is 0 Å². The molecule has 68 heavy (non-hydrogen) atoms. The Bertz CT molecular complexity index is 3560. The van der Waals surface area contributed by atoms with Crippen LogP contribution in [-0.2, 0) is 6.54 Å². The number of hydrogen-bond donors (Lipinski definition) is 0. The highest BCUT2D eigenvalue weighted by atomic mass is 16.5. The van der Waals surface area contributed by atoms with Crippen LogP contribution in [0.1, 0.15) is 70.3 Å². The summed E-state index contributed by atoms with van der Waals surface area (Å²) < 4.78 is 17.5. The van der Waals surface area contributed by atoms with E-state index in [1.165, 1.54) is 0 Å². The average molecular weight is 896 g/mol. The first-order valence-electron chi connectivity index (χ1n) is 22.3. The Labute approximate surface area is 390 Å². The van der Waals surface area contributed by atoms with Crippen LogP contribution in [0.4, 0.5) is 0 Å². The SMILES string of the molecule is C/N=C\c1ccc(-c2cn([C@@H](C)c3cc(Cn4cc(-c5cn(C(c6ccccn6)c6ccccn6)c6cc(-c7c(C)noc7C)cnc56)cn4)ccn3)c3cc(-c4c(C)noc4C)cnc23)cn1. The van der Waals surface area contributed by atoms with Crippen LogP contribution in [-0.4, -0.2) is 72.4 Å². The van der Waals surface area contributed by atoms with E-state index < -0.39 is 0 Å². The molecule has 0 bridgehead atoms. The topological polar surface area (TPSA) is 169 Å². The minimum Gasteiger partial charge on any atom is -0.361 e. The normalized spacial score (nSPS) is 12.3. The minimum absolute atomic E-state index is 0.167. The Morgan fingerprint density at radius 3 is 1.76 bits per heavy atom. The molecule has 0 radical (unpaired) electrons. The van der Waals surface area contributed by atoms with E-state index in [0.717, 1.165) is 118 Å². The van der Waals surface area contributed by atoms with Crippen LogP contribution in [0.15, 0.2) is 149 Å². The summed E-state index contributed by atoms with van der Waals surface area (Å²) in [5, 5.41) is 13.4. The number of nitrogens with zero attached hydrogens (tertiary/aromatic N) is 13. The molecule has 11 aromatic heterocycles. The van der Waals surface area contributed by atoms with Gasteiger partial charge in [-0.05, 0) is 94.8 Å². The smallest absolute Gasteiger partial charge is 0.141 e. The van der Waals surface area contributed by atoms with Crippen molar-refractivity contribution in [3.05, 3.63) is 186 Å². The number of aryl methyl sites for hydroxylation is 4. The van der Waals surface area contributed by atoms with E-state index in [-0.39, 0.29) is 12.1 Å². The van der Waals surface area contributed by atoms with Gasteiger partial charge in [0.25, 0.3) is 0 Å². The molecule has 0 unspecified atom stereocenters. The van der Waals surface area contributed by atoms with E-state index in [1.54, 1.807) is 13.3 Å². The van der Waals surface area contributed by atoms with Gasteiger partial charge in [-0.1, -0.05) is 28.5 Å². The van der Waals surface area contributed by atoms with Gasteiger partial charge < -0.3 is 18.2 Å². The maximum atomic E-state index is 5.58. The van der Waals surface area contributed by atoms with E-state index in [4.69, 9.17) is 39.1 Å². The summed E-state index contributed by atoms with van der Waals surface area (Å²) in [6.45, 7) is 10.4. The largest absolute Gasteiger partial charge is 0.361 e. The molecular formula is C53H45N13O2. The Kier molecular flexibility index (Phi) is 10.6. The highest BCUT2D eigenvalue weighted by molar-refractivity contribution is 5.96. The van der Waals surface area contributed by atoms with E-state index in [9.17, 15) is 0 Å². The van der Waals surface area contributed by atoms with Crippen molar-refractivity contribution in [3.8, 4) is 44.5 Å². The lowest BCUT2D eigenvalue weighted by Crippen LogP contribution is -2.14. The predicted octanol–water partition coefficient (Wildman–Crippen LogP) is 10.4. The maximum Gasteiger partial charge on any atom is 0.141 e. The van der Waals surface area contributed by atoms with Crippen molar-refractivity contribution in [3.63, 3.8) is 0 Å². The third-order valence-electron chi connectivity index (χ3n) is 12.5. The lowest BCUT2D eigenvalue weighted by atomic mass is 10.0. The van der Waals surface area contributed by atoms with Gasteiger partial charge in [0.1, 0.15) is 17.6 Å². The van der Waals surface area contributed by atoms with Crippen LogP contribution in [0.25, 0.3) is 66.6 Å². The fourth-order valence-corrected chi connectivity index (χ4v) is 9.30. The quantitative estimate of drug-likeness (QED) is 0.107. The zero-order valence-corrected chi connectivity index (χ0v) is 38.3. The van der Waals surface area contributed by atoms with E-state index in [2.05, 4.69) is 79.2 Å². The van der Waals surface area contributed by atoms with Crippen LogP contribution >= 0.6 is 0 Å². The molecule has 0 amide bonds. The second-order valence-corrected chi connectivity index (χ2v) is 16.9. The number of pyridine rings is 6. The van der Waals surface area contributed by atoms with E-state index in [0.29, 0.717) is 6.54 Å². The van der Waals surface area contributed by atoms with Crippen molar-refractivity contribution >= 4 is 28.3 Å². The molecular weight excluding hydrogens is 851 g/mol. The standard InChI is InChI=1S/C53H45N13O2/c1-31-49(34(4)67-62-31)38-20-47-51(59-23-38)42(37-13-14-41(26-54-6)58-22-37)29-65(47)33(3)46-19-36(15-18-57-46)27-64-28-40(25-61-64)43-30-66(53(44-11-7-9-16-55-44)45-12-8-10-17-56-45)48-21-39(24-60-52(43)48)50-32(2)63-68-35(50)5/h7-26,28-30,33,53H,27H2,1-6H3/b54-26-/t33-/m0/s1. The van der Waals surface area contributed by atoms with Crippen molar-refractivity contribution in [2.75, 3.05) is 7.05 Å². The van der Waals surface area contributed by atoms with Gasteiger partial charge in [-0.3, -0.25) is 39.6 Å². The van der Waals surface area contributed by atoms with Gasteiger partial charge in [0.15, 0.2) is 0 Å². The van der Waals surface area contributed by atoms with Crippen molar-refractivity contribution < 1.29 is 9.05 Å². The molecule has 0 aromatic carbocycles. The third-order valence-corrected chi connectivity index (χ3v) is 12.5. The summed E-state index contributed by atoms with van der Waals surface area (Å²) in [5.41, 5.74) is 17.1. The van der Waals surface area contributed by atoms with Gasteiger partial charge >= 0.3 is 0 Å². The molecule has 11 heterocycles. The molecule has 0 saturated carbocycles. The zero-order chi connectivity index (χ0) is 46.5. The molecule has 0 aliphatic heterocycles. The summed E-state index contributed by atoms with van der Waals surface area (Å²) in [6.07, 6.45) is 21.1. The summed E-state index contributed by atoms with van der Waals surface area (Å²) in [6, 6.07) is 23.9. The van der Waals surface area contributed by atoms with E-state index >= 15 is 0 Å². The Morgan fingerprint density at radius 1 is 0.588 bits per heavy atom. The number of rotatable bonds is 12. The Morgan fingerprint density at radius 2 is 1.19 bits per heavy atom. The number of aromatic nitrogens is 12. The van der Waals surface area contributed by atoms with Crippen molar-refractivity contribution in [1.82, 2.24) is 59.1 Å². The lowest BCUT2D eigenvalue weighted by Gasteiger charge is -2.19. The summed E-state index contributed by atoms with van der Waals surface area (Å²) >= 11 is 0. The van der Waals surface area contributed by atoms with Gasteiger partial charge in [-0.2, -0.15) is 5.10 Å². The first-order chi connectivity index (χ1) is 33.2. The van der Waals surface area contributed by atoms with Crippen molar-refractivity contribution in [2.24, 2.45) is 4.99 Å². The number of fused-ring (bicyclic) bond motifs is 2. The summed E-state index contributed by atoms with van der Waals surface area (Å²) in [4.78, 5) is 33.5. The molecule has 0 aliphatic rings. The minimum atomic E-state index is -0.340. The first kappa shape index (κ1) is 41.9. The second-order valence-electron chi connectivity index (χ2n) is 16.9. The fraction of sp³-hybridized carbons (Fsp3) is 0.170. The van der Waals surface area contributed by atoms with Gasteiger partial charge in [0.2, 0.25) is 0 Å². The molecule has 15 heteroatoms. The van der Waals surface area contributed by atoms with Crippen LogP contribution < -0.4 is 0 Å². The Hall–Kier alpha value is -8.72. The molecule has 0 N–H and O–H groups in total. The van der Waals surface area contributed by atoms with E-state index in [1.807, 2.05) is 124 Å². The highest BCUT2D eigenvalue weighted by Gasteiger charge is 2.26. The molecule has 0 spiro atoms. The molecule has 11 rings (SSSR count). The number of aliphatic imine (C=N–C) groups is 1. The lowest BCUT2D eigenvalue weighted by molar-refractivity contribution is 0.393. The number of hydrogen-bond acceptors (Lipinski definition) is 12. The van der Waals surface area contributed by atoms with Gasteiger partial charge in [-0.25, -0.2) is 0 Å².